The molecule has 3 aromatic carbocycles. The van der Waals surface area contributed by atoms with Crippen molar-refractivity contribution in [2.75, 3.05) is 5.32 Å². The van der Waals surface area contributed by atoms with E-state index in [1.807, 2.05) is 0 Å². The first-order valence-corrected chi connectivity index (χ1v) is 9.04. The number of ether oxygens (including phenoxy) is 1. The Bertz CT molecular complexity index is 1040. The molecular formula is C22H16ClF2NO3. The van der Waals surface area contributed by atoms with Crippen molar-refractivity contribution in [3.63, 3.8) is 0 Å². The molecule has 0 radical (unpaired) electrons. The fourth-order valence-corrected chi connectivity index (χ4v) is 2.75. The minimum absolute atomic E-state index is 0.0780. The second kappa shape index (κ2) is 8.84. The van der Waals surface area contributed by atoms with Gasteiger partial charge >= 0.3 is 0 Å². The molecule has 1 amide bonds. The maximum Gasteiger partial charge on any atom is 0.265 e. The summed E-state index contributed by atoms with van der Waals surface area (Å²) in [5.41, 5.74) is 1.04. The number of nitrogens with one attached hydrogen (secondary N) is 1. The number of hydrogen-bond donors (Lipinski definition) is 1. The van der Waals surface area contributed by atoms with E-state index in [2.05, 4.69) is 5.32 Å². The predicted octanol–water partition coefficient (Wildman–Crippen LogP) is 5.26. The molecule has 4 nitrogen and oxygen atoms in total. The number of amides is 1. The highest BCUT2D eigenvalue weighted by molar-refractivity contribution is 6.33. The Morgan fingerprint density at radius 3 is 2.03 bits per heavy atom. The first-order valence-electron chi connectivity index (χ1n) is 8.66. The van der Waals surface area contributed by atoms with Gasteiger partial charge in [-0.3, -0.25) is 9.59 Å². The van der Waals surface area contributed by atoms with Gasteiger partial charge in [-0.15, -0.1) is 0 Å². The van der Waals surface area contributed by atoms with E-state index in [4.69, 9.17) is 16.3 Å². The van der Waals surface area contributed by atoms with Gasteiger partial charge in [0.2, 0.25) is 0 Å². The van der Waals surface area contributed by atoms with Crippen molar-refractivity contribution in [2.24, 2.45) is 0 Å². The largest absolute Gasteiger partial charge is 0.481 e. The Hall–Kier alpha value is -3.25. The quantitative estimate of drug-likeness (QED) is 0.559. The van der Waals surface area contributed by atoms with Gasteiger partial charge in [0, 0.05) is 11.1 Å². The molecule has 0 fully saturated rings. The van der Waals surface area contributed by atoms with Crippen molar-refractivity contribution in [2.45, 2.75) is 13.0 Å². The highest BCUT2D eigenvalue weighted by Gasteiger charge is 2.17. The molecule has 0 heterocycles. The molecule has 0 spiro atoms. The molecule has 0 bridgehead atoms. The third-order valence-electron chi connectivity index (χ3n) is 4.09. The maximum atomic E-state index is 13.1. The highest BCUT2D eigenvalue weighted by Crippen LogP contribution is 2.23. The van der Waals surface area contributed by atoms with Crippen LogP contribution in [0.3, 0.4) is 0 Å². The van der Waals surface area contributed by atoms with Crippen LogP contribution in [0.15, 0.2) is 66.7 Å². The van der Waals surface area contributed by atoms with Crippen LogP contribution in [-0.4, -0.2) is 17.8 Å². The average Bonchev–Trinajstić information content (AvgIpc) is 2.70. The van der Waals surface area contributed by atoms with Gasteiger partial charge in [-0.05, 0) is 73.7 Å². The van der Waals surface area contributed by atoms with Crippen LogP contribution in [-0.2, 0) is 4.79 Å². The van der Waals surface area contributed by atoms with Gasteiger partial charge in [-0.2, -0.15) is 0 Å². The number of carbonyl (C=O) groups is 2. The van der Waals surface area contributed by atoms with Crippen LogP contribution in [0, 0.1) is 11.6 Å². The molecule has 0 aromatic heterocycles. The van der Waals surface area contributed by atoms with Gasteiger partial charge in [-0.1, -0.05) is 11.6 Å². The first-order chi connectivity index (χ1) is 13.8. The van der Waals surface area contributed by atoms with Crippen molar-refractivity contribution < 1.29 is 23.1 Å². The Kier molecular flexibility index (Phi) is 6.24. The Morgan fingerprint density at radius 1 is 0.897 bits per heavy atom. The maximum absolute atomic E-state index is 13.1. The van der Waals surface area contributed by atoms with Crippen LogP contribution in [0.1, 0.15) is 22.8 Å². The standard InChI is InChI=1S/C22H16ClF2NO3/c1-13(22(28)26-20-11-8-17(25)12-19(20)23)29-18-9-4-15(5-10-18)21(27)14-2-6-16(24)7-3-14/h2-13H,1H3,(H,26,28)/t13-/m1/s1. The van der Waals surface area contributed by atoms with Crippen LogP contribution in [0.25, 0.3) is 0 Å². The first kappa shape index (κ1) is 20.5. The third-order valence-corrected chi connectivity index (χ3v) is 4.41. The number of ketones is 1. The number of halogens is 3. The zero-order chi connectivity index (χ0) is 21.0. The van der Waals surface area contributed by atoms with Gasteiger partial charge in [0.1, 0.15) is 17.4 Å². The molecular weight excluding hydrogens is 400 g/mol. The number of rotatable bonds is 6. The average molecular weight is 416 g/mol. The summed E-state index contributed by atoms with van der Waals surface area (Å²) < 4.78 is 31.6. The van der Waals surface area contributed by atoms with Crippen LogP contribution >= 0.6 is 11.6 Å². The van der Waals surface area contributed by atoms with Gasteiger partial charge in [-0.25, -0.2) is 8.78 Å². The lowest BCUT2D eigenvalue weighted by atomic mass is 10.0. The van der Waals surface area contributed by atoms with Gasteiger partial charge < -0.3 is 10.1 Å². The van der Waals surface area contributed by atoms with Crippen molar-refractivity contribution in [1.29, 1.82) is 0 Å². The minimum atomic E-state index is -0.866. The van der Waals surface area contributed by atoms with E-state index in [9.17, 15) is 18.4 Å². The zero-order valence-corrected chi connectivity index (χ0v) is 16.0. The lowest BCUT2D eigenvalue weighted by molar-refractivity contribution is -0.122. The molecule has 3 rings (SSSR count). The second-order valence-corrected chi connectivity index (χ2v) is 6.64. The van der Waals surface area contributed by atoms with E-state index >= 15 is 0 Å². The zero-order valence-electron chi connectivity index (χ0n) is 15.3. The monoisotopic (exact) mass is 415 g/mol. The lowest BCUT2D eigenvalue weighted by Gasteiger charge is -2.15. The SMILES string of the molecule is C[C@@H](Oc1ccc(C(=O)c2ccc(F)cc2)cc1)C(=O)Nc1ccc(F)cc1Cl. The summed E-state index contributed by atoms with van der Waals surface area (Å²) >= 11 is 5.90. The van der Waals surface area contributed by atoms with E-state index in [0.29, 0.717) is 16.9 Å². The molecule has 0 aliphatic carbocycles. The molecule has 0 saturated carbocycles. The molecule has 1 atom stereocenters. The van der Waals surface area contributed by atoms with E-state index in [-0.39, 0.29) is 16.5 Å². The summed E-state index contributed by atoms with van der Waals surface area (Å²) in [6.07, 6.45) is -0.866. The van der Waals surface area contributed by atoms with Crippen LogP contribution in [0.4, 0.5) is 14.5 Å². The van der Waals surface area contributed by atoms with E-state index in [1.54, 1.807) is 31.2 Å². The molecule has 0 unspecified atom stereocenters. The molecule has 0 aliphatic heterocycles. The molecule has 148 valence electrons. The highest BCUT2D eigenvalue weighted by atomic mass is 35.5. The van der Waals surface area contributed by atoms with Crippen molar-refractivity contribution in [3.8, 4) is 5.75 Å². The summed E-state index contributed by atoms with van der Waals surface area (Å²) in [6.45, 7) is 1.55. The number of hydrogen-bond acceptors (Lipinski definition) is 3. The predicted molar refractivity (Wildman–Crippen MR) is 106 cm³/mol. The van der Waals surface area contributed by atoms with Crippen molar-refractivity contribution >= 4 is 29.0 Å². The van der Waals surface area contributed by atoms with E-state index in [0.717, 1.165) is 6.07 Å². The number of anilines is 1. The molecule has 7 heteroatoms. The second-order valence-electron chi connectivity index (χ2n) is 6.23. The van der Waals surface area contributed by atoms with Gasteiger partial charge in [0.15, 0.2) is 11.9 Å². The van der Waals surface area contributed by atoms with Crippen molar-refractivity contribution in [3.05, 3.63) is 94.5 Å². The Balaban J connectivity index is 1.63. The minimum Gasteiger partial charge on any atom is -0.481 e. The van der Waals surface area contributed by atoms with Crippen LogP contribution in [0.2, 0.25) is 5.02 Å². The van der Waals surface area contributed by atoms with Gasteiger partial charge in [0.05, 0.1) is 10.7 Å². The smallest absolute Gasteiger partial charge is 0.265 e. The molecule has 0 saturated heterocycles. The lowest BCUT2D eigenvalue weighted by Crippen LogP contribution is -2.30. The van der Waals surface area contributed by atoms with Gasteiger partial charge in [0.25, 0.3) is 5.91 Å². The molecule has 0 aliphatic rings. The summed E-state index contributed by atoms with van der Waals surface area (Å²) in [5, 5.41) is 2.64. The third kappa shape index (κ3) is 5.18. The van der Waals surface area contributed by atoms with Crippen molar-refractivity contribution in [1.82, 2.24) is 0 Å². The molecule has 1 N–H and O–H groups in total. The number of benzene rings is 3. The normalized spacial score (nSPS) is 11.6. The summed E-state index contributed by atoms with van der Waals surface area (Å²) in [7, 11) is 0. The Labute approximate surface area is 171 Å². The van der Waals surface area contributed by atoms with E-state index < -0.39 is 23.6 Å². The van der Waals surface area contributed by atoms with Crippen LogP contribution < -0.4 is 10.1 Å². The molecule has 3 aromatic rings. The summed E-state index contributed by atoms with van der Waals surface area (Å²) in [6, 6.07) is 15.1. The number of carbonyl (C=O) groups excluding carboxylic acids is 2. The van der Waals surface area contributed by atoms with Crippen LogP contribution in [0.5, 0.6) is 5.75 Å². The van der Waals surface area contributed by atoms with E-state index in [1.165, 1.54) is 36.4 Å². The Morgan fingerprint density at radius 2 is 1.45 bits per heavy atom. The fourth-order valence-electron chi connectivity index (χ4n) is 2.54. The molecule has 29 heavy (non-hydrogen) atoms. The summed E-state index contributed by atoms with van der Waals surface area (Å²) in [4.78, 5) is 24.7. The topological polar surface area (TPSA) is 55.4 Å². The summed E-state index contributed by atoms with van der Waals surface area (Å²) in [5.74, 6) is -1.26. The fraction of sp³-hybridized carbons (Fsp3) is 0.0909.